The van der Waals surface area contributed by atoms with E-state index in [0.717, 1.165) is 25.9 Å². The maximum absolute atomic E-state index is 13.5. The summed E-state index contributed by atoms with van der Waals surface area (Å²) in [5.41, 5.74) is 0.540. The number of likely N-dealkylation sites (tertiary alicyclic amines) is 1. The van der Waals surface area contributed by atoms with E-state index in [0.29, 0.717) is 25.3 Å². The highest BCUT2D eigenvalue weighted by atomic mass is 19.1. The Morgan fingerprint density at radius 3 is 2.88 bits per heavy atom. The van der Waals surface area contributed by atoms with Gasteiger partial charge in [0.2, 0.25) is 5.91 Å². The van der Waals surface area contributed by atoms with E-state index in [1.54, 1.807) is 23.1 Å². The lowest BCUT2D eigenvalue weighted by Gasteiger charge is -2.39. The monoisotopic (exact) mass is 337 g/mol. The molecule has 1 aromatic rings. The van der Waals surface area contributed by atoms with Crippen LogP contribution in [0.4, 0.5) is 4.39 Å². The van der Waals surface area contributed by atoms with Crippen LogP contribution in [0.25, 0.3) is 0 Å². The van der Waals surface area contributed by atoms with Crippen molar-refractivity contribution in [1.29, 1.82) is 0 Å². The van der Waals surface area contributed by atoms with Crippen molar-refractivity contribution >= 4 is 5.91 Å². The van der Waals surface area contributed by atoms with E-state index in [4.69, 9.17) is 14.2 Å². The summed E-state index contributed by atoms with van der Waals surface area (Å²) in [5, 5.41) is 0. The Labute approximate surface area is 141 Å². The van der Waals surface area contributed by atoms with Gasteiger partial charge in [-0.3, -0.25) is 4.79 Å². The summed E-state index contributed by atoms with van der Waals surface area (Å²) in [6.45, 7) is 2.66. The molecule has 1 amide bonds. The normalized spacial score (nSPS) is 21.5. The highest BCUT2D eigenvalue weighted by molar-refractivity contribution is 5.78. The van der Waals surface area contributed by atoms with E-state index in [-0.39, 0.29) is 37.1 Å². The van der Waals surface area contributed by atoms with E-state index in [2.05, 4.69) is 0 Å². The molecule has 0 spiro atoms. The second-order valence-corrected chi connectivity index (χ2v) is 6.33. The van der Waals surface area contributed by atoms with Crippen LogP contribution in [0.1, 0.15) is 24.8 Å². The minimum absolute atomic E-state index is 0.0310. The van der Waals surface area contributed by atoms with E-state index in [9.17, 15) is 9.18 Å². The van der Waals surface area contributed by atoms with Gasteiger partial charge in [0.1, 0.15) is 12.4 Å². The van der Waals surface area contributed by atoms with Crippen molar-refractivity contribution in [2.24, 2.45) is 0 Å². The van der Waals surface area contributed by atoms with E-state index in [1.165, 1.54) is 6.07 Å². The van der Waals surface area contributed by atoms with Gasteiger partial charge in [-0.25, -0.2) is 4.39 Å². The molecule has 6 heteroatoms. The lowest BCUT2D eigenvalue weighted by Crippen LogP contribution is -2.55. The second kappa shape index (κ2) is 8.55. The Balaban J connectivity index is 1.28. The Bertz CT molecular complexity index is 542. The zero-order valence-electron chi connectivity index (χ0n) is 13.8. The molecule has 0 aliphatic carbocycles. The van der Waals surface area contributed by atoms with E-state index >= 15 is 0 Å². The molecule has 0 bridgehead atoms. The van der Waals surface area contributed by atoms with Gasteiger partial charge < -0.3 is 19.1 Å². The molecule has 3 rings (SSSR count). The summed E-state index contributed by atoms with van der Waals surface area (Å²) in [6, 6.07) is 6.56. The van der Waals surface area contributed by atoms with Crippen molar-refractivity contribution in [2.45, 2.75) is 38.1 Å². The molecule has 132 valence electrons. The fourth-order valence-electron chi connectivity index (χ4n) is 2.88. The van der Waals surface area contributed by atoms with Gasteiger partial charge in [0.15, 0.2) is 0 Å². The minimum Gasteiger partial charge on any atom is -0.376 e. The molecule has 2 fully saturated rings. The number of carbonyl (C=O) groups is 1. The van der Waals surface area contributed by atoms with Crippen LogP contribution in [0.5, 0.6) is 0 Å². The summed E-state index contributed by atoms with van der Waals surface area (Å²) < 4.78 is 30.1. The topological polar surface area (TPSA) is 48.0 Å². The highest BCUT2D eigenvalue weighted by Crippen LogP contribution is 2.16. The average molecular weight is 337 g/mol. The molecule has 0 unspecified atom stereocenters. The zero-order chi connectivity index (χ0) is 16.8. The van der Waals surface area contributed by atoms with Crippen molar-refractivity contribution < 1.29 is 23.4 Å². The van der Waals surface area contributed by atoms with E-state index in [1.807, 2.05) is 0 Å². The minimum atomic E-state index is -0.261. The van der Waals surface area contributed by atoms with Gasteiger partial charge in [-0.2, -0.15) is 0 Å². The highest BCUT2D eigenvalue weighted by Gasteiger charge is 2.31. The molecular formula is C18H24FNO4. The zero-order valence-corrected chi connectivity index (χ0v) is 13.8. The molecule has 2 aliphatic heterocycles. The summed E-state index contributed by atoms with van der Waals surface area (Å²) in [4.78, 5) is 13.7. The number of amides is 1. The third-order valence-electron chi connectivity index (χ3n) is 4.44. The number of nitrogens with zero attached hydrogens (tertiary/aromatic N) is 1. The van der Waals surface area contributed by atoms with Crippen LogP contribution < -0.4 is 0 Å². The molecule has 0 N–H and O–H groups in total. The van der Waals surface area contributed by atoms with Crippen LogP contribution in [0, 0.1) is 5.82 Å². The molecule has 0 saturated carbocycles. The van der Waals surface area contributed by atoms with Crippen molar-refractivity contribution in [3.8, 4) is 0 Å². The maximum atomic E-state index is 13.5. The van der Waals surface area contributed by atoms with Gasteiger partial charge >= 0.3 is 0 Å². The third-order valence-corrected chi connectivity index (χ3v) is 4.44. The lowest BCUT2D eigenvalue weighted by atomic mass is 10.1. The van der Waals surface area contributed by atoms with Crippen LogP contribution in [-0.4, -0.2) is 55.9 Å². The first-order chi connectivity index (χ1) is 11.7. The van der Waals surface area contributed by atoms with Gasteiger partial charge in [-0.05, 0) is 25.3 Å². The third kappa shape index (κ3) is 4.75. The Hall–Kier alpha value is -1.50. The molecule has 2 aliphatic rings. The number of benzene rings is 1. The number of rotatable bonds is 7. The Morgan fingerprint density at radius 1 is 1.29 bits per heavy atom. The van der Waals surface area contributed by atoms with Gasteiger partial charge in [0, 0.05) is 25.3 Å². The molecule has 1 aromatic carbocycles. The van der Waals surface area contributed by atoms with Gasteiger partial charge in [0.05, 0.1) is 25.4 Å². The fraction of sp³-hybridized carbons (Fsp3) is 0.611. The summed E-state index contributed by atoms with van der Waals surface area (Å²) in [6.07, 6.45) is 3.37. The van der Waals surface area contributed by atoms with Gasteiger partial charge in [-0.1, -0.05) is 18.2 Å². The SMILES string of the molecule is O=C(COC[C@H]1CCCCO1)N1CC(OCc2ccccc2F)C1. The van der Waals surface area contributed by atoms with E-state index < -0.39 is 0 Å². The molecule has 2 saturated heterocycles. The molecule has 2 heterocycles. The standard InChI is InChI=1S/C18H24FNO4/c19-17-7-2-1-5-14(17)11-24-16-9-20(10-16)18(21)13-22-12-15-6-3-4-8-23-15/h1-2,5,7,15-16H,3-4,6,8-13H2/t15-/m1/s1. The Kier molecular flexibility index (Phi) is 6.18. The van der Waals surface area contributed by atoms with Crippen molar-refractivity contribution in [3.05, 3.63) is 35.6 Å². The largest absolute Gasteiger partial charge is 0.376 e. The quantitative estimate of drug-likeness (QED) is 0.765. The van der Waals surface area contributed by atoms with Crippen LogP contribution in [0.15, 0.2) is 24.3 Å². The van der Waals surface area contributed by atoms with Crippen LogP contribution in [-0.2, 0) is 25.6 Å². The number of ether oxygens (including phenoxy) is 3. The van der Waals surface area contributed by atoms with Crippen molar-refractivity contribution in [1.82, 2.24) is 4.90 Å². The summed E-state index contributed by atoms with van der Waals surface area (Å²) in [5.74, 6) is -0.292. The first-order valence-corrected chi connectivity index (χ1v) is 8.54. The number of hydrogen-bond acceptors (Lipinski definition) is 4. The first kappa shape index (κ1) is 17.3. The molecular weight excluding hydrogens is 313 g/mol. The predicted octanol–water partition coefficient (Wildman–Crippen LogP) is 2.14. The summed E-state index contributed by atoms with van der Waals surface area (Å²) in [7, 11) is 0. The van der Waals surface area contributed by atoms with Crippen molar-refractivity contribution in [3.63, 3.8) is 0 Å². The molecule has 24 heavy (non-hydrogen) atoms. The number of carbonyl (C=O) groups excluding carboxylic acids is 1. The van der Waals surface area contributed by atoms with Crippen LogP contribution in [0.3, 0.4) is 0 Å². The number of halogens is 1. The predicted molar refractivity (Wildman–Crippen MR) is 86.0 cm³/mol. The van der Waals surface area contributed by atoms with Gasteiger partial charge in [0.25, 0.3) is 0 Å². The number of hydrogen-bond donors (Lipinski definition) is 0. The van der Waals surface area contributed by atoms with Crippen LogP contribution in [0.2, 0.25) is 0 Å². The van der Waals surface area contributed by atoms with Gasteiger partial charge in [-0.15, -0.1) is 0 Å². The molecule has 5 nitrogen and oxygen atoms in total. The van der Waals surface area contributed by atoms with Crippen molar-refractivity contribution in [2.75, 3.05) is 32.9 Å². The Morgan fingerprint density at radius 2 is 2.12 bits per heavy atom. The smallest absolute Gasteiger partial charge is 0.248 e. The van der Waals surface area contributed by atoms with Crippen LogP contribution >= 0.6 is 0 Å². The molecule has 0 radical (unpaired) electrons. The lowest BCUT2D eigenvalue weighted by molar-refractivity contribution is -0.152. The fourth-order valence-corrected chi connectivity index (χ4v) is 2.88. The summed E-state index contributed by atoms with van der Waals surface area (Å²) >= 11 is 0. The molecule has 1 atom stereocenters. The molecule has 0 aromatic heterocycles. The average Bonchev–Trinajstić information content (AvgIpc) is 2.56. The second-order valence-electron chi connectivity index (χ2n) is 6.33. The first-order valence-electron chi connectivity index (χ1n) is 8.54. The maximum Gasteiger partial charge on any atom is 0.248 e.